The number of benzene rings is 1. The fourth-order valence-electron chi connectivity index (χ4n) is 5.44. The lowest BCUT2D eigenvalue weighted by atomic mass is 9.87. The van der Waals surface area contributed by atoms with Crippen LogP contribution >= 0.6 is 11.6 Å². The van der Waals surface area contributed by atoms with Crippen LogP contribution in [0.25, 0.3) is 0 Å². The molecule has 0 unspecified atom stereocenters. The fourth-order valence-corrected chi connectivity index (χ4v) is 5.56. The second-order valence-electron chi connectivity index (χ2n) is 9.70. The van der Waals surface area contributed by atoms with Crippen LogP contribution in [0.2, 0.25) is 5.02 Å². The molecule has 4 atom stereocenters. The first-order chi connectivity index (χ1) is 15.6. The summed E-state index contributed by atoms with van der Waals surface area (Å²) in [5.41, 5.74) is 1.03. The van der Waals surface area contributed by atoms with Gasteiger partial charge in [-0.15, -0.1) is 0 Å². The van der Waals surface area contributed by atoms with Gasteiger partial charge >= 0.3 is 0 Å². The fraction of sp³-hybridized carbons (Fsp3) is 0.720. The minimum absolute atomic E-state index is 0.00430. The van der Waals surface area contributed by atoms with Crippen molar-refractivity contribution in [2.45, 2.75) is 82.3 Å². The van der Waals surface area contributed by atoms with Gasteiger partial charge < -0.3 is 19.9 Å². The van der Waals surface area contributed by atoms with Crippen molar-refractivity contribution in [2.24, 2.45) is 5.92 Å². The van der Waals surface area contributed by atoms with Crippen molar-refractivity contribution < 1.29 is 19.4 Å². The van der Waals surface area contributed by atoms with Crippen LogP contribution in [-0.2, 0) is 20.8 Å². The maximum Gasteiger partial charge on any atom is 0.222 e. The summed E-state index contributed by atoms with van der Waals surface area (Å²) < 4.78 is 12.1. The Hall–Kier alpha value is -1.18. The van der Waals surface area contributed by atoms with Crippen molar-refractivity contribution >= 4 is 17.5 Å². The Kier molecular flexibility index (Phi) is 8.83. The molecule has 0 spiro atoms. The number of nitrogens with zero attached hydrogens (tertiary/aromatic N) is 1. The Morgan fingerprint density at radius 3 is 2.66 bits per heavy atom. The van der Waals surface area contributed by atoms with Crippen LogP contribution in [-0.4, -0.2) is 66.6 Å². The number of carbonyl (C=O) groups is 1. The molecule has 0 radical (unpaired) electrons. The quantitative estimate of drug-likeness (QED) is 0.673. The molecule has 2 aliphatic heterocycles. The zero-order chi connectivity index (χ0) is 22.3. The first-order valence-electron chi connectivity index (χ1n) is 12.2. The van der Waals surface area contributed by atoms with E-state index in [9.17, 15) is 9.90 Å². The summed E-state index contributed by atoms with van der Waals surface area (Å²) in [4.78, 5) is 15.0. The van der Waals surface area contributed by atoms with Gasteiger partial charge in [0.25, 0.3) is 0 Å². The highest BCUT2D eigenvalue weighted by atomic mass is 35.5. The molecule has 0 aromatic heterocycles. The van der Waals surface area contributed by atoms with Crippen LogP contribution in [0.5, 0.6) is 0 Å². The molecule has 178 valence electrons. The minimum atomic E-state index is -0.448. The molecule has 3 fully saturated rings. The van der Waals surface area contributed by atoms with Gasteiger partial charge in [0.05, 0.1) is 37.9 Å². The highest BCUT2D eigenvalue weighted by molar-refractivity contribution is 6.30. The van der Waals surface area contributed by atoms with Crippen molar-refractivity contribution in [3.8, 4) is 0 Å². The molecule has 1 aliphatic carbocycles. The van der Waals surface area contributed by atoms with E-state index in [4.69, 9.17) is 21.1 Å². The number of amides is 1. The van der Waals surface area contributed by atoms with Crippen LogP contribution in [0.15, 0.2) is 24.3 Å². The monoisotopic (exact) mass is 464 g/mol. The summed E-state index contributed by atoms with van der Waals surface area (Å²) >= 11 is 5.92. The Bertz CT molecular complexity index is 725. The van der Waals surface area contributed by atoms with E-state index in [0.717, 1.165) is 24.9 Å². The van der Waals surface area contributed by atoms with Crippen LogP contribution in [0, 0.1) is 5.92 Å². The largest absolute Gasteiger partial charge is 0.389 e. The van der Waals surface area contributed by atoms with E-state index < -0.39 is 6.10 Å². The van der Waals surface area contributed by atoms with Crippen LogP contribution in [0.4, 0.5) is 0 Å². The van der Waals surface area contributed by atoms with Gasteiger partial charge in [-0.2, -0.15) is 0 Å². The zero-order valence-corrected chi connectivity index (χ0v) is 19.6. The Morgan fingerprint density at radius 2 is 1.88 bits per heavy atom. The Labute approximate surface area is 196 Å². The molecule has 3 aliphatic rings. The topological polar surface area (TPSA) is 71.0 Å². The van der Waals surface area contributed by atoms with Crippen molar-refractivity contribution in [1.29, 1.82) is 0 Å². The number of β-amino-alcohol motifs (C(OH)–C–C–N with tert-alkyl or cyclic N) is 1. The number of carbonyl (C=O) groups excluding carboxylic acids is 1. The Morgan fingerprint density at radius 1 is 1.09 bits per heavy atom. The standard InChI is InChI=1S/C25H37ClN2O4/c26-20-8-6-18(7-9-20)13-27-25(30)12-22-10-11-23-24(32-22)17-31-16-21(29)15-28(23)14-19-4-2-1-3-5-19/h6-9,19,21-24,29H,1-5,10-17H2,(H,27,30)/t21-,22+,23+,24-/m0/s1. The highest BCUT2D eigenvalue weighted by Crippen LogP contribution is 2.31. The summed E-state index contributed by atoms with van der Waals surface area (Å²) in [7, 11) is 0. The van der Waals surface area contributed by atoms with Crippen molar-refractivity contribution in [3.05, 3.63) is 34.9 Å². The minimum Gasteiger partial charge on any atom is -0.389 e. The molecule has 0 bridgehead atoms. The smallest absolute Gasteiger partial charge is 0.222 e. The predicted octanol–water partition coefficient (Wildman–Crippen LogP) is 3.54. The molecule has 1 amide bonds. The number of aliphatic hydroxyl groups excluding tert-OH is 1. The number of aliphatic hydroxyl groups is 1. The summed E-state index contributed by atoms with van der Waals surface area (Å²) in [6.45, 7) is 3.00. The van der Waals surface area contributed by atoms with Gasteiger partial charge in [-0.3, -0.25) is 9.69 Å². The third-order valence-electron chi connectivity index (χ3n) is 7.12. The molecular formula is C25H37ClN2O4. The van der Waals surface area contributed by atoms with Gasteiger partial charge in [-0.1, -0.05) is 43.0 Å². The summed E-state index contributed by atoms with van der Waals surface area (Å²) in [6.07, 6.45) is 8.18. The third-order valence-corrected chi connectivity index (χ3v) is 7.37. The average Bonchev–Trinajstić information content (AvgIpc) is 2.78. The van der Waals surface area contributed by atoms with Gasteiger partial charge in [-0.05, 0) is 49.3 Å². The summed E-state index contributed by atoms with van der Waals surface area (Å²) in [6, 6.07) is 7.76. The molecule has 1 aromatic rings. The average molecular weight is 465 g/mol. The number of nitrogens with one attached hydrogen (secondary N) is 1. The van der Waals surface area contributed by atoms with E-state index in [1.54, 1.807) is 0 Å². The summed E-state index contributed by atoms with van der Waals surface area (Å²) in [5.74, 6) is 0.720. The highest BCUT2D eigenvalue weighted by Gasteiger charge is 2.38. The van der Waals surface area contributed by atoms with Gasteiger partial charge in [0.15, 0.2) is 0 Å². The van der Waals surface area contributed by atoms with Gasteiger partial charge in [0, 0.05) is 30.7 Å². The number of hydrogen-bond donors (Lipinski definition) is 2. The maximum absolute atomic E-state index is 12.5. The van der Waals surface area contributed by atoms with E-state index in [0.29, 0.717) is 43.7 Å². The van der Waals surface area contributed by atoms with Gasteiger partial charge in [-0.25, -0.2) is 0 Å². The molecule has 4 rings (SSSR count). The number of hydrogen-bond acceptors (Lipinski definition) is 5. The lowest BCUT2D eigenvalue weighted by Gasteiger charge is -2.45. The molecule has 2 saturated heterocycles. The van der Waals surface area contributed by atoms with E-state index >= 15 is 0 Å². The normalized spacial score (nSPS) is 30.2. The predicted molar refractivity (Wildman–Crippen MR) is 125 cm³/mol. The molecule has 1 aromatic carbocycles. The second-order valence-corrected chi connectivity index (χ2v) is 10.1. The molecule has 2 heterocycles. The molecule has 2 N–H and O–H groups in total. The zero-order valence-electron chi connectivity index (χ0n) is 18.9. The van der Waals surface area contributed by atoms with Crippen molar-refractivity contribution in [2.75, 3.05) is 26.3 Å². The lowest BCUT2D eigenvalue weighted by molar-refractivity contribution is -0.158. The van der Waals surface area contributed by atoms with Gasteiger partial charge in [0.1, 0.15) is 0 Å². The van der Waals surface area contributed by atoms with E-state index in [2.05, 4.69) is 10.2 Å². The molecule has 32 heavy (non-hydrogen) atoms. The number of ether oxygens (including phenoxy) is 2. The van der Waals surface area contributed by atoms with Crippen LogP contribution < -0.4 is 5.32 Å². The van der Waals surface area contributed by atoms with E-state index in [-0.39, 0.29) is 24.2 Å². The SMILES string of the molecule is O=C(C[C@H]1CC[C@@H]2[C@H](COC[C@@H](O)CN2CC2CCCCC2)O1)NCc1ccc(Cl)cc1. The maximum atomic E-state index is 12.5. The second kappa shape index (κ2) is 11.8. The number of fused-ring (bicyclic) bond motifs is 1. The summed E-state index contributed by atoms with van der Waals surface area (Å²) in [5, 5.41) is 14.1. The number of rotatable bonds is 6. The molecule has 1 saturated carbocycles. The van der Waals surface area contributed by atoms with Crippen LogP contribution in [0.1, 0.15) is 56.9 Å². The van der Waals surface area contributed by atoms with Gasteiger partial charge in [0.2, 0.25) is 5.91 Å². The van der Waals surface area contributed by atoms with E-state index in [1.807, 2.05) is 24.3 Å². The first-order valence-corrected chi connectivity index (χ1v) is 12.6. The lowest BCUT2D eigenvalue weighted by Crippen LogP contribution is -2.56. The first kappa shape index (κ1) is 24.0. The van der Waals surface area contributed by atoms with Crippen molar-refractivity contribution in [1.82, 2.24) is 10.2 Å². The van der Waals surface area contributed by atoms with E-state index in [1.165, 1.54) is 32.1 Å². The number of halogens is 1. The molecular weight excluding hydrogens is 428 g/mol. The van der Waals surface area contributed by atoms with Crippen LogP contribution in [0.3, 0.4) is 0 Å². The molecule has 7 heteroatoms. The van der Waals surface area contributed by atoms with Crippen molar-refractivity contribution in [3.63, 3.8) is 0 Å². The molecule has 6 nitrogen and oxygen atoms in total. The third kappa shape index (κ3) is 6.91. The Balaban J connectivity index is 1.29.